The number of alkyl carbamates (subject to hydrolysis) is 1. The molecule has 0 radical (unpaired) electrons. The third-order valence-electron chi connectivity index (χ3n) is 4.70. The maximum Gasteiger partial charge on any atom is 0.407 e. The zero-order chi connectivity index (χ0) is 23.3. The molecule has 3 rings (SSSR count). The van der Waals surface area contributed by atoms with Crippen LogP contribution in [0, 0.1) is 0 Å². The summed E-state index contributed by atoms with van der Waals surface area (Å²) in [5, 5.41) is 2.69. The van der Waals surface area contributed by atoms with Crippen LogP contribution < -0.4 is 5.32 Å². The number of hydrogen-bond donors (Lipinski definition) is 1. The van der Waals surface area contributed by atoms with Crippen molar-refractivity contribution in [2.75, 3.05) is 19.0 Å². The van der Waals surface area contributed by atoms with E-state index < -0.39 is 58.5 Å². The minimum atomic E-state index is -1.76. The number of carbonyl (C=O) groups is 2. The minimum absolute atomic E-state index is 0.229. The SMILES string of the molecule is CCS[C@@H]1O[C@@H]2CO[C@@H](c3ccccc3)O[C@H]2[C@H](OC(C)=O)[C@H]1NC(=O)OCC(Cl)(Cl)Cl. The molecule has 2 aliphatic rings. The number of ether oxygens (including phenoxy) is 5. The average Bonchev–Trinajstić information content (AvgIpc) is 2.74. The van der Waals surface area contributed by atoms with Crippen LogP contribution in [0.15, 0.2) is 30.3 Å². The molecule has 178 valence electrons. The second-order valence-electron chi connectivity index (χ2n) is 7.11. The van der Waals surface area contributed by atoms with Crippen molar-refractivity contribution in [2.24, 2.45) is 0 Å². The van der Waals surface area contributed by atoms with E-state index in [2.05, 4.69) is 5.32 Å². The lowest BCUT2D eigenvalue weighted by Gasteiger charge is -2.48. The van der Waals surface area contributed by atoms with Crippen molar-refractivity contribution in [2.45, 2.75) is 53.7 Å². The van der Waals surface area contributed by atoms with Crippen molar-refractivity contribution in [3.63, 3.8) is 0 Å². The summed E-state index contributed by atoms with van der Waals surface area (Å²) in [4.78, 5) is 24.3. The number of carbonyl (C=O) groups excluding carboxylic acids is 2. The van der Waals surface area contributed by atoms with Gasteiger partial charge in [0.15, 0.2) is 12.4 Å². The summed E-state index contributed by atoms with van der Waals surface area (Å²) in [6.45, 7) is 3.01. The Morgan fingerprint density at radius 2 is 1.94 bits per heavy atom. The van der Waals surface area contributed by atoms with Gasteiger partial charge in [-0.05, 0) is 5.75 Å². The summed E-state index contributed by atoms with van der Waals surface area (Å²) in [6, 6.07) is 8.59. The Labute approximate surface area is 205 Å². The van der Waals surface area contributed by atoms with Gasteiger partial charge in [0.05, 0.1) is 6.61 Å². The highest BCUT2D eigenvalue weighted by Crippen LogP contribution is 2.38. The van der Waals surface area contributed by atoms with E-state index in [-0.39, 0.29) is 6.61 Å². The van der Waals surface area contributed by atoms with E-state index in [4.69, 9.17) is 58.5 Å². The largest absolute Gasteiger partial charge is 0.457 e. The van der Waals surface area contributed by atoms with Gasteiger partial charge in [0.25, 0.3) is 0 Å². The molecule has 1 aromatic carbocycles. The Balaban J connectivity index is 1.81. The first kappa shape index (κ1) is 25.7. The molecule has 2 saturated heterocycles. The van der Waals surface area contributed by atoms with E-state index in [0.717, 1.165) is 5.56 Å². The fraction of sp³-hybridized carbons (Fsp3) is 0.600. The number of thioether (sulfide) groups is 1. The Hall–Kier alpha value is -0.940. The predicted molar refractivity (Wildman–Crippen MR) is 121 cm³/mol. The van der Waals surface area contributed by atoms with E-state index in [1.54, 1.807) is 0 Å². The highest BCUT2D eigenvalue weighted by Gasteiger charge is 2.52. The van der Waals surface area contributed by atoms with Gasteiger partial charge in [-0.1, -0.05) is 72.1 Å². The number of nitrogens with one attached hydrogen (secondary N) is 1. The maximum atomic E-state index is 12.4. The Morgan fingerprint density at radius 1 is 1.22 bits per heavy atom. The van der Waals surface area contributed by atoms with Crippen molar-refractivity contribution in [3.05, 3.63) is 35.9 Å². The first-order valence-electron chi connectivity index (χ1n) is 9.94. The van der Waals surface area contributed by atoms with E-state index in [0.29, 0.717) is 5.75 Å². The highest BCUT2D eigenvalue weighted by molar-refractivity contribution is 7.99. The highest BCUT2D eigenvalue weighted by atomic mass is 35.6. The van der Waals surface area contributed by atoms with Gasteiger partial charge < -0.3 is 29.0 Å². The van der Waals surface area contributed by atoms with Crippen molar-refractivity contribution < 1.29 is 33.3 Å². The minimum Gasteiger partial charge on any atom is -0.457 e. The number of amides is 1. The fourth-order valence-electron chi connectivity index (χ4n) is 3.47. The molecule has 2 aliphatic heterocycles. The molecule has 0 spiro atoms. The van der Waals surface area contributed by atoms with Crippen LogP contribution in [0.2, 0.25) is 0 Å². The lowest BCUT2D eigenvalue weighted by Crippen LogP contribution is -2.66. The second kappa shape index (κ2) is 11.5. The van der Waals surface area contributed by atoms with Crippen LogP contribution in [0.3, 0.4) is 0 Å². The van der Waals surface area contributed by atoms with Crippen LogP contribution in [0.4, 0.5) is 4.79 Å². The summed E-state index contributed by atoms with van der Waals surface area (Å²) in [7, 11) is 0. The predicted octanol–water partition coefficient (Wildman–Crippen LogP) is 3.98. The van der Waals surface area contributed by atoms with Crippen molar-refractivity contribution in [3.8, 4) is 0 Å². The molecule has 12 heteroatoms. The molecule has 1 aromatic rings. The smallest absolute Gasteiger partial charge is 0.407 e. The molecule has 0 unspecified atom stereocenters. The molecule has 0 aromatic heterocycles. The molecule has 0 saturated carbocycles. The van der Waals surface area contributed by atoms with Crippen LogP contribution in [0.5, 0.6) is 0 Å². The lowest BCUT2D eigenvalue weighted by atomic mass is 9.96. The normalized spacial score (nSPS) is 30.2. The summed E-state index contributed by atoms with van der Waals surface area (Å²) >= 11 is 18.4. The van der Waals surface area contributed by atoms with Crippen molar-refractivity contribution in [1.82, 2.24) is 5.32 Å². The standard InChI is InChI=1S/C20H24Cl3NO7S/c1-3-32-18-14(24-19(26)28-10-20(21,22)23)16(29-11(2)25)15-13(30-18)9-27-17(31-15)12-7-5-4-6-8-12/h4-8,13-18H,3,9-10H2,1-2H3,(H,24,26)/t13-,14-,15-,16-,17-,18+/m1/s1. The molecule has 0 bridgehead atoms. The first-order valence-corrected chi connectivity index (χ1v) is 12.1. The van der Waals surface area contributed by atoms with Crippen molar-refractivity contribution in [1.29, 1.82) is 0 Å². The van der Waals surface area contributed by atoms with Gasteiger partial charge in [0.1, 0.15) is 30.3 Å². The van der Waals surface area contributed by atoms with Crippen LogP contribution in [-0.4, -0.2) is 64.6 Å². The summed E-state index contributed by atoms with van der Waals surface area (Å²) in [5.74, 6) is 0.161. The van der Waals surface area contributed by atoms with Crippen LogP contribution in [-0.2, 0) is 28.5 Å². The molecular weight excluding hydrogens is 505 g/mol. The maximum absolute atomic E-state index is 12.4. The summed E-state index contributed by atoms with van der Waals surface area (Å²) < 4.78 is 27.0. The second-order valence-corrected chi connectivity index (χ2v) is 11.0. The Bertz CT molecular complexity index is 782. The lowest BCUT2D eigenvalue weighted by molar-refractivity contribution is -0.308. The number of alkyl halides is 3. The molecular formula is C20H24Cl3NO7S. The summed E-state index contributed by atoms with van der Waals surface area (Å²) in [5.41, 5.74) is 0.260. The molecule has 1 amide bonds. The van der Waals surface area contributed by atoms with E-state index in [1.807, 2.05) is 37.3 Å². The molecule has 32 heavy (non-hydrogen) atoms. The van der Waals surface area contributed by atoms with Crippen molar-refractivity contribution >= 4 is 58.6 Å². The van der Waals surface area contributed by atoms with Gasteiger partial charge in [-0.2, -0.15) is 0 Å². The van der Waals surface area contributed by atoms with E-state index in [9.17, 15) is 9.59 Å². The summed E-state index contributed by atoms with van der Waals surface area (Å²) in [6.07, 6.45) is -3.56. The number of esters is 1. The third kappa shape index (κ3) is 7.03. The fourth-order valence-corrected chi connectivity index (χ4v) is 4.61. The number of halogens is 3. The van der Waals surface area contributed by atoms with Gasteiger partial charge in [0, 0.05) is 12.5 Å². The topological polar surface area (TPSA) is 92.3 Å². The number of hydrogen-bond acceptors (Lipinski definition) is 8. The average molecular weight is 529 g/mol. The molecule has 8 nitrogen and oxygen atoms in total. The van der Waals surface area contributed by atoms with E-state index in [1.165, 1.54) is 18.7 Å². The molecule has 2 heterocycles. The third-order valence-corrected chi connectivity index (χ3v) is 6.09. The van der Waals surface area contributed by atoms with Gasteiger partial charge in [-0.3, -0.25) is 4.79 Å². The number of rotatable bonds is 6. The first-order chi connectivity index (χ1) is 15.2. The monoisotopic (exact) mass is 527 g/mol. The van der Waals surface area contributed by atoms with Gasteiger partial charge in [0.2, 0.25) is 3.79 Å². The number of benzene rings is 1. The zero-order valence-corrected chi connectivity index (χ0v) is 20.5. The zero-order valence-electron chi connectivity index (χ0n) is 17.4. The van der Waals surface area contributed by atoms with Crippen LogP contribution in [0.1, 0.15) is 25.7 Å². The number of fused-ring (bicyclic) bond motifs is 1. The van der Waals surface area contributed by atoms with Gasteiger partial charge in [-0.15, -0.1) is 11.8 Å². The van der Waals surface area contributed by atoms with Gasteiger partial charge in [-0.25, -0.2) is 4.79 Å². The molecule has 2 fully saturated rings. The Morgan fingerprint density at radius 3 is 2.56 bits per heavy atom. The van der Waals surface area contributed by atoms with Crippen LogP contribution in [0.25, 0.3) is 0 Å². The molecule has 6 atom stereocenters. The van der Waals surface area contributed by atoms with Gasteiger partial charge >= 0.3 is 12.1 Å². The molecule has 1 N–H and O–H groups in total. The Kier molecular flexibility index (Phi) is 9.20. The van der Waals surface area contributed by atoms with E-state index >= 15 is 0 Å². The molecule has 0 aliphatic carbocycles. The van der Waals surface area contributed by atoms with Crippen LogP contribution >= 0.6 is 46.6 Å². The quantitative estimate of drug-likeness (QED) is 0.438.